The molecule has 1 N–H and O–H groups in total. The van der Waals surface area contributed by atoms with E-state index in [-0.39, 0.29) is 18.8 Å². The van der Waals surface area contributed by atoms with Crippen molar-refractivity contribution in [2.45, 2.75) is 33.3 Å². The van der Waals surface area contributed by atoms with Crippen LogP contribution in [-0.4, -0.2) is 30.4 Å². The molecule has 27 heavy (non-hydrogen) atoms. The van der Waals surface area contributed by atoms with E-state index in [0.717, 1.165) is 5.56 Å². The van der Waals surface area contributed by atoms with Crippen LogP contribution in [0.15, 0.2) is 48.5 Å². The van der Waals surface area contributed by atoms with Gasteiger partial charge in [0.25, 0.3) is 5.91 Å². The highest BCUT2D eigenvalue weighted by Crippen LogP contribution is 2.16. The van der Waals surface area contributed by atoms with Crippen LogP contribution >= 0.6 is 0 Å². The Kier molecular flexibility index (Phi) is 7.11. The van der Waals surface area contributed by atoms with Crippen molar-refractivity contribution >= 4 is 23.3 Å². The van der Waals surface area contributed by atoms with E-state index in [1.165, 1.54) is 13.8 Å². The number of carbonyl (C=O) groups excluding carboxylic acids is 3. The highest BCUT2D eigenvalue weighted by atomic mass is 16.5. The van der Waals surface area contributed by atoms with E-state index < -0.39 is 18.0 Å². The topological polar surface area (TPSA) is 81.7 Å². The number of para-hydroxylation sites is 1. The number of anilines is 1. The Balaban J connectivity index is 1.81. The molecule has 0 aliphatic carbocycles. The van der Waals surface area contributed by atoms with E-state index in [4.69, 9.17) is 9.47 Å². The van der Waals surface area contributed by atoms with Crippen LogP contribution in [-0.2, 0) is 14.3 Å². The lowest BCUT2D eigenvalue weighted by Gasteiger charge is -2.15. The van der Waals surface area contributed by atoms with Crippen molar-refractivity contribution < 1.29 is 23.9 Å². The molecule has 0 spiro atoms. The lowest BCUT2D eigenvalue weighted by Crippen LogP contribution is -2.30. The fraction of sp³-hybridized carbons (Fsp3) is 0.286. The van der Waals surface area contributed by atoms with Gasteiger partial charge in [0.2, 0.25) is 0 Å². The lowest BCUT2D eigenvalue weighted by atomic mass is 10.1. The van der Waals surface area contributed by atoms with Crippen LogP contribution in [0.25, 0.3) is 0 Å². The molecule has 0 unspecified atom stereocenters. The number of rotatable bonds is 8. The first-order valence-corrected chi connectivity index (χ1v) is 8.66. The summed E-state index contributed by atoms with van der Waals surface area (Å²) in [6.07, 6.45) is -0.966. The minimum absolute atomic E-state index is 0.0234. The van der Waals surface area contributed by atoms with E-state index in [1.807, 2.05) is 25.1 Å². The Bertz CT molecular complexity index is 831. The van der Waals surface area contributed by atoms with Gasteiger partial charge in [0, 0.05) is 5.56 Å². The van der Waals surface area contributed by atoms with Crippen molar-refractivity contribution in [3.63, 3.8) is 0 Å². The number of amides is 1. The second-order valence-corrected chi connectivity index (χ2v) is 6.14. The van der Waals surface area contributed by atoms with Gasteiger partial charge in [0.05, 0.1) is 18.7 Å². The zero-order valence-corrected chi connectivity index (χ0v) is 15.7. The van der Waals surface area contributed by atoms with Crippen molar-refractivity contribution in [1.82, 2.24) is 0 Å². The van der Waals surface area contributed by atoms with Gasteiger partial charge < -0.3 is 14.8 Å². The fourth-order valence-electron chi connectivity index (χ4n) is 2.40. The van der Waals surface area contributed by atoms with Crippen LogP contribution in [0.4, 0.5) is 5.69 Å². The molecule has 6 heteroatoms. The number of carbonyl (C=O) groups is 3. The zero-order valence-electron chi connectivity index (χ0n) is 15.7. The lowest BCUT2D eigenvalue weighted by molar-refractivity contribution is -0.153. The third kappa shape index (κ3) is 6.26. The van der Waals surface area contributed by atoms with E-state index in [9.17, 15) is 14.4 Å². The first kappa shape index (κ1) is 20.2. The summed E-state index contributed by atoms with van der Waals surface area (Å²) < 4.78 is 10.6. The molecule has 2 rings (SSSR count). The van der Waals surface area contributed by atoms with E-state index >= 15 is 0 Å². The predicted molar refractivity (Wildman–Crippen MR) is 102 cm³/mol. The Hall–Kier alpha value is -3.15. The molecule has 2 aromatic rings. The molecule has 0 aliphatic heterocycles. The standard InChI is InChI=1S/C21H23NO5/c1-14-7-6-8-17(13-14)26-12-11-20(24)27-16(3)21(25)22-19-10-5-4-9-18(19)15(2)23/h4-10,13,16H,11-12H2,1-3H3,(H,22,25)/t16-/m1/s1. The normalized spacial score (nSPS) is 11.4. The number of Topliss-reactive ketones (excluding diaryl/α,β-unsaturated/α-hetero) is 1. The van der Waals surface area contributed by atoms with E-state index in [2.05, 4.69) is 5.32 Å². The maximum atomic E-state index is 12.2. The van der Waals surface area contributed by atoms with Gasteiger partial charge in [0.15, 0.2) is 11.9 Å². The van der Waals surface area contributed by atoms with Crippen LogP contribution in [0.5, 0.6) is 5.75 Å². The number of ketones is 1. The number of esters is 1. The Labute approximate surface area is 158 Å². The fourth-order valence-corrected chi connectivity index (χ4v) is 2.40. The van der Waals surface area contributed by atoms with Crippen molar-refractivity contribution in [3.8, 4) is 5.75 Å². The van der Waals surface area contributed by atoms with Crippen LogP contribution in [0, 0.1) is 6.92 Å². The second kappa shape index (κ2) is 9.52. The van der Waals surface area contributed by atoms with Crippen LogP contribution < -0.4 is 10.1 Å². The molecular formula is C21H23NO5. The first-order valence-electron chi connectivity index (χ1n) is 8.66. The van der Waals surface area contributed by atoms with Gasteiger partial charge in [-0.15, -0.1) is 0 Å². The van der Waals surface area contributed by atoms with Gasteiger partial charge >= 0.3 is 5.97 Å². The Morgan fingerprint density at radius 3 is 2.52 bits per heavy atom. The summed E-state index contributed by atoms with van der Waals surface area (Å²) >= 11 is 0. The number of hydrogen-bond acceptors (Lipinski definition) is 5. The number of aryl methyl sites for hydroxylation is 1. The zero-order chi connectivity index (χ0) is 19.8. The molecule has 0 saturated carbocycles. The van der Waals surface area contributed by atoms with Gasteiger partial charge in [-0.25, -0.2) is 0 Å². The molecule has 142 valence electrons. The molecular weight excluding hydrogens is 346 g/mol. The average Bonchev–Trinajstić information content (AvgIpc) is 2.62. The summed E-state index contributed by atoms with van der Waals surface area (Å²) in [7, 11) is 0. The minimum atomic E-state index is -0.989. The molecule has 1 amide bonds. The Morgan fingerprint density at radius 2 is 1.81 bits per heavy atom. The molecule has 0 bridgehead atoms. The van der Waals surface area contributed by atoms with Gasteiger partial charge in [0.1, 0.15) is 5.75 Å². The van der Waals surface area contributed by atoms with Gasteiger partial charge in [-0.1, -0.05) is 24.3 Å². The SMILES string of the molecule is CC(=O)c1ccccc1NC(=O)[C@@H](C)OC(=O)CCOc1cccc(C)c1. The van der Waals surface area contributed by atoms with Crippen LogP contribution in [0.3, 0.4) is 0 Å². The maximum absolute atomic E-state index is 12.2. The summed E-state index contributed by atoms with van der Waals surface area (Å²) in [6.45, 7) is 5.00. The molecule has 0 radical (unpaired) electrons. The Morgan fingerprint density at radius 1 is 1.07 bits per heavy atom. The van der Waals surface area contributed by atoms with Crippen molar-refractivity contribution in [2.24, 2.45) is 0 Å². The summed E-state index contributed by atoms with van der Waals surface area (Å²) in [5.41, 5.74) is 1.85. The molecule has 0 fully saturated rings. The summed E-state index contributed by atoms with van der Waals surface area (Å²) in [4.78, 5) is 35.7. The summed E-state index contributed by atoms with van der Waals surface area (Å²) in [5, 5.41) is 2.62. The molecule has 1 atom stereocenters. The predicted octanol–water partition coefficient (Wildman–Crippen LogP) is 3.54. The third-order valence-electron chi connectivity index (χ3n) is 3.81. The third-order valence-corrected chi connectivity index (χ3v) is 3.81. The van der Waals surface area contributed by atoms with Crippen LogP contribution in [0.2, 0.25) is 0 Å². The van der Waals surface area contributed by atoms with Gasteiger partial charge in [-0.05, 0) is 50.6 Å². The molecule has 0 heterocycles. The summed E-state index contributed by atoms with van der Waals surface area (Å²) in [5.74, 6) is -0.528. The second-order valence-electron chi connectivity index (χ2n) is 6.14. The number of hydrogen-bond donors (Lipinski definition) is 1. The van der Waals surface area contributed by atoms with Crippen molar-refractivity contribution in [1.29, 1.82) is 0 Å². The average molecular weight is 369 g/mol. The first-order chi connectivity index (χ1) is 12.9. The highest BCUT2D eigenvalue weighted by molar-refractivity contribution is 6.04. The number of nitrogens with one attached hydrogen (secondary N) is 1. The maximum Gasteiger partial charge on any atom is 0.310 e. The molecule has 0 saturated heterocycles. The number of benzene rings is 2. The monoisotopic (exact) mass is 369 g/mol. The minimum Gasteiger partial charge on any atom is -0.493 e. The van der Waals surface area contributed by atoms with Crippen LogP contribution in [0.1, 0.15) is 36.2 Å². The van der Waals surface area contributed by atoms with Gasteiger partial charge in [-0.2, -0.15) is 0 Å². The smallest absolute Gasteiger partial charge is 0.310 e. The van der Waals surface area contributed by atoms with Crippen molar-refractivity contribution in [3.05, 3.63) is 59.7 Å². The molecule has 0 aliphatic rings. The molecule has 2 aromatic carbocycles. The highest BCUT2D eigenvalue weighted by Gasteiger charge is 2.19. The largest absolute Gasteiger partial charge is 0.493 e. The van der Waals surface area contributed by atoms with E-state index in [0.29, 0.717) is 17.0 Å². The summed E-state index contributed by atoms with van der Waals surface area (Å²) in [6, 6.07) is 14.2. The quantitative estimate of drug-likeness (QED) is 0.568. The molecule has 6 nitrogen and oxygen atoms in total. The molecule has 0 aromatic heterocycles. The number of ether oxygens (including phenoxy) is 2. The van der Waals surface area contributed by atoms with Crippen molar-refractivity contribution in [2.75, 3.05) is 11.9 Å². The van der Waals surface area contributed by atoms with E-state index in [1.54, 1.807) is 30.3 Å². The van der Waals surface area contributed by atoms with Gasteiger partial charge in [-0.3, -0.25) is 14.4 Å².